The molecule has 0 saturated carbocycles. The maximum Gasteiger partial charge on any atom is 0.332 e. The molecule has 0 amide bonds. The van der Waals surface area contributed by atoms with Gasteiger partial charge in [0.2, 0.25) is 0 Å². The molecule has 8 nitrogen and oxygen atoms in total. The molecule has 33 heavy (non-hydrogen) atoms. The average Bonchev–Trinajstić information content (AvgIpc) is 3.09. The molecule has 0 fully saturated rings. The molecule has 5 rings (SSSR count). The minimum atomic E-state index is -0.581. The molecule has 0 atom stereocenters. The lowest BCUT2D eigenvalue weighted by Gasteiger charge is -2.40. The lowest BCUT2D eigenvalue weighted by Crippen LogP contribution is -2.51. The lowest BCUT2D eigenvalue weighted by molar-refractivity contribution is 0.173. The van der Waals surface area contributed by atoms with Crippen LogP contribution in [0, 0.1) is 5.82 Å². The molecule has 1 aliphatic rings. The van der Waals surface area contributed by atoms with E-state index < -0.39 is 16.9 Å². The van der Waals surface area contributed by atoms with E-state index in [1.807, 2.05) is 15.7 Å². The second-order valence-electron chi connectivity index (χ2n) is 9.61. The number of fused-ring (bicyclic) bond motifs is 4. The molecule has 0 bridgehead atoms. The van der Waals surface area contributed by atoms with Crippen LogP contribution in [0.1, 0.15) is 0 Å². The van der Waals surface area contributed by atoms with Crippen molar-refractivity contribution in [1.29, 1.82) is 0 Å². The van der Waals surface area contributed by atoms with E-state index in [0.717, 1.165) is 0 Å². The predicted octanol–water partition coefficient (Wildman–Crippen LogP) is -2.56. The van der Waals surface area contributed by atoms with Gasteiger partial charge in [-0.1, -0.05) is 5.11 Å². The number of imidazole rings is 1. The molecule has 0 radical (unpaired) electrons. The molecule has 0 saturated heterocycles. The van der Waals surface area contributed by atoms with Crippen LogP contribution in [-0.4, -0.2) is 77.4 Å². The van der Waals surface area contributed by atoms with Crippen molar-refractivity contribution in [2.45, 2.75) is 10.5 Å². The topological polar surface area (TPSA) is 91.3 Å². The van der Waals surface area contributed by atoms with Crippen molar-refractivity contribution in [3.05, 3.63) is 46.9 Å². The molecular formula is C19H20B5FN4O4. The summed E-state index contributed by atoms with van der Waals surface area (Å²) in [5, 5.41) is -0.339. The van der Waals surface area contributed by atoms with Crippen molar-refractivity contribution < 1.29 is 18.6 Å². The first kappa shape index (κ1) is 21.5. The first-order valence-electron chi connectivity index (χ1n) is 10.7. The van der Waals surface area contributed by atoms with Crippen molar-refractivity contribution in [3.8, 4) is 22.9 Å². The van der Waals surface area contributed by atoms with Crippen molar-refractivity contribution >= 4 is 61.3 Å². The number of ether oxygens (including phenoxy) is 3. The number of hydrogen-bond acceptors (Lipinski definition) is 6. The summed E-state index contributed by atoms with van der Waals surface area (Å²) in [6.45, 7) is 0.731. The van der Waals surface area contributed by atoms with Gasteiger partial charge in [-0.3, -0.25) is 9.55 Å². The first-order valence-corrected chi connectivity index (χ1v) is 10.7. The fourth-order valence-electron chi connectivity index (χ4n) is 3.64. The zero-order valence-electron chi connectivity index (χ0n) is 19.2. The Kier molecular flexibility index (Phi) is 4.81. The van der Waals surface area contributed by atoms with Crippen molar-refractivity contribution in [2.75, 3.05) is 13.2 Å². The van der Waals surface area contributed by atoms with E-state index >= 15 is 4.39 Å². The van der Waals surface area contributed by atoms with Crippen LogP contribution in [0.4, 0.5) is 4.39 Å². The van der Waals surface area contributed by atoms with Crippen LogP contribution in [0.25, 0.3) is 27.8 Å². The van der Waals surface area contributed by atoms with Crippen molar-refractivity contribution in [3.63, 3.8) is 0 Å². The second kappa shape index (κ2) is 7.36. The Hall–Kier alpha value is -3.30. The Morgan fingerprint density at radius 2 is 1.88 bits per heavy atom. The van der Waals surface area contributed by atoms with Gasteiger partial charge >= 0.3 is 5.69 Å². The van der Waals surface area contributed by atoms with Gasteiger partial charge in [-0.15, -0.1) is 0 Å². The molecule has 0 spiro atoms. The van der Waals surface area contributed by atoms with Gasteiger partial charge in [0.25, 0.3) is 0 Å². The minimum Gasteiger partial charge on any atom is -0.505 e. The lowest BCUT2D eigenvalue weighted by atomic mass is 9.28. The summed E-state index contributed by atoms with van der Waals surface area (Å²) in [7, 11) is 10.2. The Morgan fingerprint density at radius 3 is 2.64 bits per heavy atom. The van der Waals surface area contributed by atoms with Crippen LogP contribution in [0.15, 0.2) is 35.4 Å². The van der Waals surface area contributed by atoms with Gasteiger partial charge in [-0.05, 0) is 6.07 Å². The maximum absolute atomic E-state index is 15.1. The SMILES string of the molecule is BC(B)(B)C(B)(B)Oc1ccnc2[nH]c(=O)n(-c3cc(F)c4ncc5c(c4c3)OCCO5)c12. The van der Waals surface area contributed by atoms with Gasteiger partial charge in [0, 0.05) is 23.7 Å². The summed E-state index contributed by atoms with van der Waals surface area (Å²) >= 11 is 0. The summed E-state index contributed by atoms with van der Waals surface area (Å²) in [6.07, 6.45) is 3.02. The highest BCUT2D eigenvalue weighted by molar-refractivity contribution is 6.66. The van der Waals surface area contributed by atoms with E-state index in [1.54, 1.807) is 18.3 Å². The van der Waals surface area contributed by atoms with E-state index in [4.69, 9.17) is 14.2 Å². The quantitative estimate of drug-likeness (QED) is 0.351. The molecule has 1 aromatic carbocycles. The third kappa shape index (κ3) is 3.48. The molecular weight excluding hydrogens is 421 g/mol. The normalized spacial score (nSPS) is 14.0. The number of nitrogens with zero attached hydrogens (tertiary/aromatic N) is 3. The second-order valence-corrected chi connectivity index (χ2v) is 9.61. The monoisotopic (exact) mass is 442 g/mol. The van der Waals surface area contributed by atoms with Crippen LogP contribution in [0.2, 0.25) is 5.11 Å². The molecule has 162 valence electrons. The Bertz CT molecular complexity index is 1470. The first-order chi connectivity index (χ1) is 15.6. The molecule has 0 aliphatic carbocycles. The fraction of sp³-hybridized carbons (Fsp3) is 0.211. The molecule has 3 aromatic heterocycles. The number of hydrogen-bond donors (Lipinski definition) is 1. The van der Waals surface area contributed by atoms with Gasteiger partial charge in [0.1, 0.15) is 45.7 Å². The van der Waals surface area contributed by atoms with E-state index in [1.165, 1.54) is 16.8 Å². The van der Waals surface area contributed by atoms with E-state index in [-0.39, 0.29) is 10.6 Å². The number of aromatic amines is 1. The summed E-state index contributed by atoms with van der Waals surface area (Å²) in [5.41, 5.74) is 0.742. The molecule has 14 heteroatoms. The largest absolute Gasteiger partial charge is 0.505 e. The fourth-order valence-corrected chi connectivity index (χ4v) is 3.64. The van der Waals surface area contributed by atoms with Crippen LogP contribution < -0.4 is 19.9 Å². The molecule has 1 N–H and O–H groups in total. The third-order valence-electron chi connectivity index (χ3n) is 6.38. The number of benzene rings is 1. The van der Waals surface area contributed by atoms with Crippen LogP contribution >= 0.6 is 0 Å². The van der Waals surface area contributed by atoms with E-state index in [0.29, 0.717) is 52.7 Å². The summed E-state index contributed by atoms with van der Waals surface area (Å²) in [5.74, 6) is 0.728. The molecule has 4 heterocycles. The van der Waals surface area contributed by atoms with Crippen LogP contribution in [-0.2, 0) is 0 Å². The van der Waals surface area contributed by atoms with Gasteiger partial charge < -0.3 is 14.2 Å². The summed E-state index contributed by atoms with van der Waals surface area (Å²) < 4.78 is 34.2. The number of halogens is 1. The summed E-state index contributed by atoms with van der Waals surface area (Å²) in [4.78, 5) is 24.2. The number of aromatic nitrogens is 4. The standard InChI is InChI=1S/C19H20B5FN4O4/c20-18(21,22)19(23,24)33-11-1-2-26-16-14(11)29(17(30)28-16)8-5-9-13(10(25)6-8)27-7-12-15(9)32-4-3-31-12/h1-2,5-7H,3-4,20-24H2,(H,26,28,30). The van der Waals surface area contributed by atoms with Gasteiger partial charge in [-0.25, -0.2) is 19.2 Å². The zero-order chi connectivity index (χ0) is 23.5. The van der Waals surface area contributed by atoms with Gasteiger partial charge in [0.15, 0.2) is 23.0 Å². The van der Waals surface area contributed by atoms with E-state index in [2.05, 4.69) is 38.5 Å². The predicted molar refractivity (Wildman–Crippen MR) is 137 cm³/mol. The zero-order valence-corrected chi connectivity index (χ0v) is 19.2. The molecule has 4 aromatic rings. The Morgan fingerprint density at radius 1 is 1.12 bits per heavy atom. The molecule has 0 unspecified atom stereocenters. The number of nitrogens with one attached hydrogen (secondary N) is 1. The smallest absolute Gasteiger partial charge is 0.332 e. The maximum atomic E-state index is 15.1. The number of rotatable bonds is 4. The molecule has 1 aliphatic heterocycles. The van der Waals surface area contributed by atoms with Gasteiger partial charge in [-0.2, -0.15) is 0 Å². The average molecular weight is 441 g/mol. The summed E-state index contributed by atoms with van der Waals surface area (Å²) in [6, 6.07) is 4.64. The minimum absolute atomic E-state index is 0.138. The highest BCUT2D eigenvalue weighted by Gasteiger charge is 2.35. The van der Waals surface area contributed by atoms with Crippen molar-refractivity contribution in [1.82, 2.24) is 19.5 Å². The van der Waals surface area contributed by atoms with Crippen LogP contribution in [0.5, 0.6) is 17.2 Å². The highest BCUT2D eigenvalue weighted by atomic mass is 19.1. The van der Waals surface area contributed by atoms with E-state index in [9.17, 15) is 4.79 Å². The number of H-pyrrole nitrogens is 1. The highest BCUT2D eigenvalue weighted by Crippen LogP contribution is 2.39. The third-order valence-corrected chi connectivity index (χ3v) is 6.38. The number of pyridine rings is 2. The van der Waals surface area contributed by atoms with Gasteiger partial charge in [0.05, 0.1) is 40.8 Å². The Balaban J connectivity index is 1.76. The Labute approximate surface area is 193 Å². The van der Waals surface area contributed by atoms with Crippen molar-refractivity contribution in [2.24, 2.45) is 0 Å². The van der Waals surface area contributed by atoms with Crippen LogP contribution in [0.3, 0.4) is 0 Å².